The number of carbonyl (C=O) groups is 1. The zero-order valence-corrected chi connectivity index (χ0v) is 16.2. The molecule has 1 aromatic carbocycles. The van der Waals surface area contributed by atoms with Crippen molar-refractivity contribution in [2.75, 3.05) is 12.3 Å². The number of amides is 1. The number of fused-ring (bicyclic) bond motifs is 1. The standard InChI is InChI=1S/C18H20N4O2S2/c1-12-19-16(21-24-12)10-25-11-17(23)22-9-5-4-7-14(22)18-20-13-6-2-3-8-15(13)26-18/h2-3,6,8,14H,4-5,7,9-11H2,1H3. The quantitative estimate of drug-likeness (QED) is 0.658. The fourth-order valence-corrected chi connectivity index (χ4v) is 5.09. The first-order valence-electron chi connectivity index (χ1n) is 8.72. The summed E-state index contributed by atoms with van der Waals surface area (Å²) in [7, 11) is 0. The smallest absolute Gasteiger partial charge is 0.233 e. The number of hydrogen-bond acceptors (Lipinski definition) is 7. The molecule has 1 amide bonds. The van der Waals surface area contributed by atoms with Crippen LogP contribution in [0.1, 0.15) is 42.0 Å². The summed E-state index contributed by atoms with van der Waals surface area (Å²) >= 11 is 3.23. The molecule has 1 saturated heterocycles. The molecule has 0 bridgehead atoms. The number of aryl methyl sites for hydroxylation is 1. The molecule has 0 N–H and O–H groups in total. The van der Waals surface area contributed by atoms with E-state index in [0.717, 1.165) is 36.3 Å². The molecule has 2 aromatic heterocycles. The highest BCUT2D eigenvalue weighted by molar-refractivity contribution is 7.99. The van der Waals surface area contributed by atoms with Gasteiger partial charge >= 0.3 is 0 Å². The van der Waals surface area contributed by atoms with Gasteiger partial charge in [-0.05, 0) is 31.4 Å². The third-order valence-corrected chi connectivity index (χ3v) is 6.50. The monoisotopic (exact) mass is 388 g/mol. The maximum Gasteiger partial charge on any atom is 0.233 e. The van der Waals surface area contributed by atoms with Gasteiger partial charge in [-0.25, -0.2) is 4.98 Å². The van der Waals surface area contributed by atoms with Crippen LogP contribution in [0.15, 0.2) is 28.8 Å². The number of thiazole rings is 1. The van der Waals surface area contributed by atoms with E-state index in [1.165, 1.54) is 16.5 Å². The van der Waals surface area contributed by atoms with Gasteiger partial charge in [0, 0.05) is 13.5 Å². The van der Waals surface area contributed by atoms with Crippen molar-refractivity contribution >= 4 is 39.2 Å². The van der Waals surface area contributed by atoms with Gasteiger partial charge in [0.1, 0.15) is 5.01 Å². The molecule has 6 nitrogen and oxygen atoms in total. The van der Waals surface area contributed by atoms with Crippen LogP contribution in [0.2, 0.25) is 0 Å². The van der Waals surface area contributed by atoms with Crippen molar-refractivity contribution < 1.29 is 9.32 Å². The summed E-state index contributed by atoms with van der Waals surface area (Å²) in [6.45, 7) is 2.57. The lowest BCUT2D eigenvalue weighted by molar-refractivity contribution is -0.132. The summed E-state index contributed by atoms with van der Waals surface area (Å²) in [6, 6.07) is 8.26. The molecule has 136 valence electrons. The average molecular weight is 389 g/mol. The van der Waals surface area contributed by atoms with Crippen molar-refractivity contribution in [3.8, 4) is 0 Å². The van der Waals surface area contributed by atoms with Gasteiger partial charge in [-0.2, -0.15) is 4.98 Å². The van der Waals surface area contributed by atoms with Crippen molar-refractivity contribution in [2.45, 2.75) is 38.0 Å². The summed E-state index contributed by atoms with van der Waals surface area (Å²) in [6.07, 6.45) is 3.18. The Kier molecular flexibility index (Phi) is 5.21. The van der Waals surface area contributed by atoms with Crippen molar-refractivity contribution in [1.82, 2.24) is 20.0 Å². The molecular weight excluding hydrogens is 368 g/mol. The van der Waals surface area contributed by atoms with Crippen molar-refractivity contribution in [3.63, 3.8) is 0 Å². The van der Waals surface area contributed by atoms with E-state index in [1.54, 1.807) is 18.3 Å². The zero-order valence-electron chi connectivity index (χ0n) is 14.6. The van der Waals surface area contributed by atoms with Crippen LogP contribution in [-0.4, -0.2) is 38.2 Å². The van der Waals surface area contributed by atoms with Crippen LogP contribution in [0.25, 0.3) is 10.2 Å². The van der Waals surface area contributed by atoms with Crippen LogP contribution in [0.4, 0.5) is 0 Å². The molecule has 0 aliphatic carbocycles. The minimum absolute atomic E-state index is 0.0988. The summed E-state index contributed by atoms with van der Waals surface area (Å²) in [5.74, 6) is 2.37. The summed E-state index contributed by atoms with van der Waals surface area (Å²) in [5, 5.41) is 4.93. The molecule has 0 saturated carbocycles. The number of aromatic nitrogens is 3. The van der Waals surface area contributed by atoms with E-state index in [1.807, 2.05) is 23.1 Å². The number of carbonyl (C=O) groups excluding carboxylic acids is 1. The predicted molar refractivity (Wildman–Crippen MR) is 103 cm³/mol. The van der Waals surface area contributed by atoms with Gasteiger partial charge in [-0.1, -0.05) is 17.3 Å². The fraction of sp³-hybridized carbons (Fsp3) is 0.444. The van der Waals surface area contributed by atoms with E-state index >= 15 is 0 Å². The third-order valence-electron chi connectivity index (χ3n) is 4.44. The summed E-state index contributed by atoms with van der Waals surface area (Å²) < 4.78 is 6.15. The van der Waals surface area contributed by atoms with Crippen LogP contribution < -0.4 is 0 Å². The molecule has 1 aliphatic heterocycles. The van der Waals surface area contributed by atoms with Crippen molar-refractivity contribution in [2.24, 2.45) is 0 Å². The number of nitrogens with zero attached hydrogens (tertiary/aromatic N) is 4. The number of para-hydroxylation sites is 1. The van der Waals surface area contributed by atoms with Crippen LogP contribution >= 0.6 is 23.1 Å². The first-order valence-corrected chi connectivity index (χ1v) is 10.7. The van der Waals surface area contributed by atoms with E-state index in [2.05, 4.69) is 16.2 Å². The lowest BCUT2D eigenvalue weighted by Gasteiger charge is -2.34. The molecule has 1 unspecified atom stereocenters. The molecule has 4 rings (SSSR count). The van der Waals surface area contributed by atoms with E-state index in [9.17, 15) is 4.79 Å². The number of hydrogen-bond donors (Lipinski definition) is 0. The van der Waals surface area contributed by atoms with Gasteiger partial charge in [0.2, 0.25) is 11.8 Å². The lowest BCUT2D eigenvalue weighted by atomic mass is 10.0. The normalized spacial score (nSPS) is 17.7. The highest BCUT2D eigenvalue weighted by Crippen LogP contribution is 2.36. The molecule has 3 heterocycles. The Morgan fingerprint density at radius 1 is 1.35 bits per heavy atom. The van der Waals surface area contributed by atoms with Crippen LogP contribution in [0.3, 0.4) is 0 Å². The Bertz CT molecular complexity index is 874. The van der Waals surface area contributed by atoms with E-state index in [-0.39, 0.29) is 11.9 Å². The van der Waals surface area contributed by atoms with E-state index in [4.69, 9.17) is 9.51 Å². The van der Waals surface area contributed by atoms with Gasteiger partial charge < -0.3 is 9.42 Å². The molecule has 0 spiro atoms. The summed E-state index contributed by atoms with van der Waals surface area (Å²) in [5.41, 5.74) is 1.02. The predicted octanol–water partition coefficient (Wildman–Crippen LogP) is 3.97. The maximum atomic E-state index is 12.8. The highest BCUT2D eigenvalue weighted by atomic mass is 32.2. The van der Waals surface area contributed by atoms with Crippen molar-refractivity contribution in [3.05, 3.63) is 41.0 Å². The lowest BCUT2D eigenvalue weighted by Crippen LogP contribution is -2.39. The second-order valence-corrected chi connectivity index (χ2v) is 8.39. The van der Waals surface area contributed by atoms with Gasteiger partial charge in [0.25, 0.3) is 0 Å². The molecule has 1 atom stereocenters. The topological polar surface area (TPSA) is 72.1 Å². The number of thioether (sulfide) groups is 1. The van der Waals surface area contributed by atoms with Gasteiger partial charge in [-0.15, -0.1) is 23.1 Å². The van der Waals surface area contributed by atoms with E-state index in [0.29, 0.717) is 23.2 Å². The minimum Gasteiger partial charge on any atom is -0.340 e. The van der Waals surface area contributed by atoms with Crippen LogP contribution in [0.5, 0.6) is 0 Å². The largest absolute Gasteiger partial charge is 0.340 e. The maximum absolute atomic E-state index is 12.8. The Morgan fingerprint density at radius 2 is 2.23 bits per heavy atom. The summed E-state index contributed by atoms with van der Waals surface area (Å²) in [4.78, 5) is 23.8. The minimum atomic E-state index is 0.0988. The SMILES string of the molecule is Cc1nc(CSCC(=O)N2CCCCC2c2nc3ccccc3s2)no1. The average Bonchev–Trinajstić information content (AvgIpc) is 3.27. The Balaban J connectivity index is 1.43. The molecule has 8 heteroatoms. The van der Waals surface area contributed by atoms with Crippen LogP contribution in [-0.2, 0) is 10.5 Å². The Morgan fingerprint density at radius 3 is 3.04 bits per heavy atom. The first-order chi connectivity index (χ1) is 12.7. The molecule has 26 heavy (non-hydrogen) atoms. The van der Waals surface area contributed by atoms with Crippen molar-refractivity contribution in [1.29, 1.82) is 0 Å². The van der Waals surface area contributed by atoms with Gasteiger partial charge in [-0.3, -0.25) is 4.79 Å². The number of benzene rings is 1. The molecule has 0 radical (unpaired) electrons. The molecule has 3 aromatic rings. The Labute approximate surface area is 160 Å². The fourth-order valence-electron chi connectivity index (χ4n) is 3.23. The highest BCUT2D eigenvalue weighted by Gasteiger charge is 2.30. The zero-order chi connectivity index (χ0) is 17.9. The number of piperidine rings is 1. The van der Waals surface area contributed by atoms with Gasteiger partial charge in [0.05, 0.1) is 27.8 Å². The second-order valence-electron chi connectivity index (χ2n) is 6.34. The van der Waals surface area contributed by atoms with Gasteiger partial charge in [0.15, 0.2) is 5.82 Å². The third kappa shape index (κ3) is 3.76. The number of rotatable bonds is 5. The van der Waals surface area contributed by atoms with E-state index < -0.39 is 0 Å². The van der Waals surface area contributed by atoms with Crippen LogP contribution in [0, 0.1) is 6.92 Å². The number of likely N-dealkylation sites (tertiary alicyclic amines) is 1. The Hall–Kier alpha value is -1.93. The first kappa shape index (κ1) is 17.5. The molecular formula is C18H20N4O2S2. The molecule has 1 aliphatic rings. The second kappa shape index (κ2) is 7.75. The molecule has 1 fully saturated rings.